The average molecular weight is 487 g/mol. The third-order valence-electron chi connectivity index (χ3n) is 5.51. The van der Waals surface area contributed by atoms with Crippen molar-refractivity contribution < 1.29 is 38.5 Å². The van der Waals surface area contributed by atoms with Gasteiger partial charge in [0.2, 0.25) is 0 Å². The number of hydrogen-bond donors (Lipinski definition) is 1. The molecule has 0 aromatic heterocycles. The molecule has 34 heavy (non-hydrogen) atoms. The SMILES string of the molecule is CCCCCCCCCCOC(=O)CC(O)(CC(=O)OCCCCCCCC)C(=O)OC(C)=O. The van der Waals surface area contributed by atoms with Crippen LogP contribution in [0.25, 0.3) is 0 Å². The van der Waals surface area contributed by atoms with Gasteiger partial charge in [-0.1, -0.05) is 90.9 Å². The second kappa shape index (κ2) is 20.4. The summed E-state index contributed by atoms with van der Waals surface area (Å²) in [5, 5.41) is 10.7. The van der Waals surface area contributed by atoms with Gasteiger partial charge in [-0.3, -0.25) is 14.4 Å². The lowest BCUT2D eigenvalue weighted by Gasteiger charge is -2.23. The van der Waals surface area contributed by atoms with Gasteiger partial charge in [0.15, 0.2) is 5.60 Å². The van der Waals surface area contributed by atoms with E-state index in [9.17, 15) is 24.3 Å². The molecule has 0 amide bonds. The van der Waals surface area contributed by atoms with E-state index in [1.165, 1.54) is 32.1 Å². The minimum atomic E-state index is -2.51. The Kier molecular flexibility index (Phi) is 19.2. The van der Waals surface area contributed by atoms with Crippen LogP contribution < -0.4 is 0 Å². The Morgan fingerprint density at radius 3 is 1.32 bits per heavy atom. The topological polar surface area (TPSA) is 116 Å². The van der Waals surface area contributed by atoms with E-state index in [1.807, 2.05) is 0 Å². The van der Waals surface area contributed by atoms with Crippen molar-refractivity contribution in [2.45, 2.75) is 129 Å². The Morgan fingerprint density at radius 1 is 0.618 bits per heavy atom. The lowest BCUT2D eigenvalue weighted by molar-refractivity contribution is -0.182. The fourth-order valence-corrected chi connectivity index (χ4v) is 3.50. The summed E-state index contributed by atoms with van der Waals surface area (Å²) in [4.78, 5) is 47.8. The zero-order valence-corrected chi connectivity index (χ0v) is 21.5. The highest BCUT2D eigenvalue weighted by Gasteiger charge is 2.44. The highest BCUT2D eigenvalue weighted by Crippen LogP contribution is 2.20. The Bertz CT molecular complexity index is 589. The van der Waals surface area contributed by atoms with Crippen LogP contribution in [0.2, 0.25) is 0 Å². The first kappa shape index (κ1) is 32.0. The largest absolute Gasteiger partial charge is 0.466 e. The third-order valence-corrected chi connectivity index (χ3v) is 5.51. The number of ether oxygens (including phenoxy) is 3. The van der Waals surface area contributed by atoms with Crippen LogP contribution in [0.1, 0.15) is 124 Å². The molecular weight excluding hydrogens is 440 g/mol. The number of unbranched alkanes of at least 4 members (excludes halogenated alkanes) is 12. The fourth-order valence-electron chi connectivity index (χ4n) is 3.50. The Hall–Kier alpha value is -1.96. The molecule has 0 radical (unpaired) electrons. The second-order valence-corrected chi connectivity index (χ2v) is 8.95. The van der Waals surface area contributed by atoms with Crippen LogP contribution >= 0.6 is 0 Å². The van der Waals surface area contributed by atoms with Crippen LogP contribution in [0.15, 0.2) is 0 Å². The van der Waals surface area contributed by atoms with Gasteiger partial charge in [-0.2, -0.15) is 0 Å². The van der Waals surface area contributed by atoms with E-state index in [0.29, 0.717) is 12.8 Å². The molecule has 1 unspecified atom stereocenters. The summed E-state index contributed by atoms with van der Waals surface area (Å²) in [6, 6.07) is 0. The van der Waals surface area contributed by atoms with Crippen molar-refractivity contribution in [3.63, 3.8) is 0 Å². The lowest BCUT2D eigenvalue weighted by atomic mass is 9.95. The second-order valence-electron chi connectivity index (χ2n) is 8.95. The summed E-state index contributed by atoms with van der Waals surface area (Å²) >= 11 is 0. The molecule has 0 aliphatic rings. The molecule has 8 nitrogen and oxygen atoms in total. The Morgan fingerprint density at radius 2 is 0.971 bits per heavy atom. The number of esters is 4. The van der Waals surface area contributed by atoms with E-state index in [4.69, 9.17) is 9.47 Å². The maximum absolute atomic E-state index is 12.2. The number of hydrogen-bond acceptors (Lipinski definition) is 8. The molecule has 8 heteroatoms. The summed E-state index contributed by atoms with van der Waals surface area (Å²) in [5.74, 6) is -3.99. The van der Waals surface area contributed by atoms with E-state index in [2.05, 4.69) is 18.6 Å². The van der Waals surface area contributed by atoms with Crippen LogP contribution in [-0.4, -0.2) is 47.8 Å². The molecule has 1 atom stereocenters. The number of carbonyl (C=O) groups is 4. The van der Waals surface area contributed by atoms with Crippen LogP contribution in [0.3, 0.4) is 0 Å². The summed E-state index contributed by atoms with van der Waals surface area (Å²) < 4.78 is 14.7. The average Bonchev–Trinajstić information content (AvgIpc) is 2.76. The van der Waals surface area contributed by atoms with Crippen molar-refractivity contribution in [2.24, 2.45) is 0 Å². The Labute approximate surface area is 205 Å². The summed E-state index contributed by atoms with van der Waals surface area (Å²) in [5.41, 5.74) is -2.51. The van der Waals surface area contributed by atoms with Crippen molar-refractivity contribution in [3.05, 3.63) is 0 Å². The summed E-state index contributed by atoms with van der Waals surface area (Å²) in [6.07, 6.45) is 13.2. The number of aliphatic hydroxyl groups is 1. The normalized spacial score (nSPS) is 12.6. The number of carbonyl (C=O) groups excluding carboxylic acids is 4. The van der Waals surface area contributed by atoms with E-state index in [-0.39, 0.29) is 13.2 Å². The molecule has 0 aromatic rings. The van der Waals surface area contributed by atoms with Crippen molar-refractivity contribution in [3.8, 4) is 0 Å². The number of rotatable bonds is 21. The van der Waals surface area contributed by atoms with Gasteiger partial charge in [0.1, 0.15) is 0 Å². The molecule has 198 valence electrons. The van der Waals surface area contributed by atoms with Gasteiger partial charge in [-0.25, -0.2) is 4.79 Å². The molecular formula is C26H46O8. The van der Waals surface area contributed by atoms with Crippen LogP contribution in [0.5, 0.6) is 0 Å². The van der Waals surface area contributed by atoms with E-state index in [1.54, 1.807) is 0 Å². The maximum Gasteiger partial charge on any atom is 0.346 e. The first-order valence-corrected chi connectivity index (χ1v) is 13.0. The van der Waals surface area contributed by atoms with E-state index < -0.39 is 42.3 Å². The first-order chi connectivity index (χ1) is 16.2. The smallest absolute Gasteiger partial charge is 0.346 e. The van der Waals surface area contributed by atoms with Gasteiger partial charge >= 0.3 is 23.9 Å². The minimum absolute atomic E-state index is 0.158. The molecule has 0 aliphatic carbocycles. The van der Waals surface area contributed by atoms with Gasteiger partial charge in [-0.15, -0.1) is 0 Å². The molecule has 0 heterocycles. The van der Waals surface area contributed by atoms with Crippen molar-refractivity contribution in [1.82, 2.24) is 0 Å². The zero-order chi connectivity index (χ0) is 25.7. The zero-order valence-electron chi connectivity index (χ0n) is 21.5. The molecule has 0 fully saturated rings. The Balaban J connectivity index is 4.45. The van der Waals surface area contributed by atoms with Gasteiger partial charge < -0.3 is 19.3 Å². The molecule has 0 saturated carbocycles. The standard InChI is InChI=1S/C26H46O8/c1-4-6-8-10-12-13-15-17-19-33-24(29)21-26(31,25(30)34-22(3)27)20-23(28)32-18-16-14-11-9-7-5-2/h31H,4-21H2,1-3H3. The van der Waals surface area contributed by atoms with Gasteiger partial charge in [0.25, 0.3) is 0 Å². The molecule has 0 bridgehead atoms. The maximum atomic E-state index is 12.2. The predicted octanol–water partition coefficient (Wildman–Crippen LogP) is 5.18. The highest BCUT2D eigenvalue weighted by molar-refractivity contribution is 5.95. The van der Waals surface area contributed by atoms with Crippen LogP contribution in [0.4, 0.5) is 0 Å². The highest BCUT2D eigenvalue weighted by atomic mass is 16.6. The molecule has 0 rings (SSSR count). The van der Waals surface area contributed by atoms with Crippen LogP contribution in [-0.2, 0) is 33.4 Å². The van der Waals surface area contributed by atoms with Crippen LogP contribution in [0, 0.1) is 0 Å². The van der Waals surface area contributed by atoms with Gasteiger partial charge in [0.05, 0.1) is 26.1 Å². The molecule has 1 N–H and O–H groups in total. The molecule has 0 spiro atoms. The molecule has 0 aromatic carbocycles. The lowest BCUT2D eigenvalue weighted by Crippen LogP contribution is -2.45. The predicted molar refractivity (Wildman–Crippen MR) is 129 cm³/mol. The summed E-state index contributed by atoms with van der Waals surface area (Å²) in [7, 11) is 0. The quantitative estimate of drug-likeness (QED) is 0.102. The van der Waals surface area contributed by atoms with E-state index in [0.717, 1.165) is 51.9 Å². The molecule has 0 saturated heterocycles. The minimum Gasteiger partial charge on any atom is -0.466 e. The van der Waals surface area contributed by atoms with Crippen molar-refractivity contribution >= 4 is 23.9 Å². The first-order valence-electron chi connectivity index (χ1n) is 13.0. The van der Waals surface area contributed by atoms with Gasteiger partial charge in [-0.05, 0) is 12.8 Å². The van der Waals surface area contributed by atoms with Crippen molar-refractivity contribution in [1.29, 1.82) is 0 Å². The van der Waals surface area contributed by atoms with E-state index >= 15 is 0 Å². The van der Waals surface area contributed by atoms with Crippen molar-refractivity contribution in [2.75, 3.05) is 13.2 Å². The summed E-state index contributed by atoms with van der Waals surface area (Å²) in [6.45, 7) is 5.62. The fraction of sp³-hybridized carbons (Fsp3) is 0.846. The third kappa shape index (κ3) is 17.5. The van der Waals surface area contributed by atoms with Gasteiger partial charge in [0, 0.05) is 6.92 Å². The monoisotopic (exact) mass is 486 g/mol. The molecule has 0 aliphatic heterocycles.